The standard InChI is InChI=1S/C32H44N4O4/c1-4-15-35-22-25(3)36(23-24(35)2)31(28-8-5-9-29(37)21-28)26-11-13-27(14-12-26)32(40)34-18-7-17-33(19-20-34)16-6-10-30(38)39/h4-5,8-9,11-14,21,24-25,31,37H,1,6-7,10,15-20,22-23H2,2-3H3,(H,38,39)/t24-,25+,31-/m1/s1. The van der Waals surface area contributed by atoms with Crippen LogP contribution >= 0.6 is 0 Å². The molecule has 0 spiro atoms. The lowest BCUT2D eigenvalue weighted by Gasteiger charge is -2.47. The molecule has 2 aromatic rings. The fraction of sp³-hybridized carbons (Fsp3) is 0.500. The predicted octanol–water partition coefficient (Wildman–Crippen LogP) is 4.07. The van der Waals surface area contributed by atoms with Crippen molar-refractivity contribution in [3.05, 3.63) is 77.9 Å². The molecule has 40 heavy (non-hydrogen) atoms. The van der Waals surface area contributed by atoms with Gasteiger partial charge in [-0.2, -0.15) is 0 Å². The molecule has 1 amide bonds. The Balaban J connectivity index is 1.49. The van der Waals surface area contributed by atoms with E-state index in [0.717, 1.165) is 56.8 Å². The molecule has 2 aliphatic heterocycles. The average molecular weight is 549 g/mol. The minimum atomic E-state index is -0.764. The van der Waals surface area contributed by atoms with Crippen LogP contribution < -0.4 is 0 Å². The van der Waals surface area contributed by atoms with Crippen LogP contribution in [0, 0.1) is 0 Å². The van der Waals surface area contributed by atoms with E-state index >= 15 is 0 Å². The smallest absolute Gasteiger partial charge is 0.303 e. The second-order valence-electron chi connectivity index (χ2n) is 11.2. The Morgan fingerprint density at radius 2 is 1.77 bits per heavy atom. The van der Waals surface area contributed by atoms with Gasteiger partial charge < -0.3 is 20.0 Å². The van der Waals surface area contributed by atoms with Crippen LogP contribution in [0.25, 0.3) is 0 Å². The fourth-order valence-corrected chi connectivity index (χ4v) is 6.12. The van der Waals surface area contributed by atoms with Crippen molar-refractivity contribution in [1.29, 1.82) is 0 Å². The summed E-state index contributed by atoms with van der Waals surface area (Å²) in [5.41, 5.74) is 2.81. The maximum Gasteiger partial charge on any atom is 0.303 e. The highest BCUT2D eigenvalue weighted by Gasteiger charge is 2.34. The molecule has 2 fully saturated rings. The lowest BCUT2D eigenvalue weighted by molar-refractivity contribution is -0.137. The fourth-order valence-electron chi connectivity index (χ4n) is 6.12. The molecule has 2 aromatic carbocycles. The van der Waals surface area contributed by atoms with E-state index in [2.05, 4.69) is 53.3 Å². The van der Waals surface area contributed by atoms with Crippen molar-refractivity contribution < 1.29 is 19.8 Å². The summed E-state index contributed by atoms with van der Waals surface area (Å²) in [6, 6.07) is 16.1. The quantitative estimate of drug-likeness (QED) is 0.433. The Hall–Kier alpha value is -3.20. The summed E-state index contributed by atoms with van der Waals surface area (Å²) < 4.78 is 0. The Morgan fingerprint density at radius 3 is 2.48 bits per heavy atom. The van der Waals surface area contributed by atoms with E-state index in [0.29, 0.717) is 37.2 Å². The molecule has 0 aromatic heterocycles. The second-order valence-corrected chi connectivity index (χ2v) is 11.2. The van der Waals surface area contributed by atoms with Crippen LogP contribution in [0.15, 0.2) is 61.2 Å². The van der Waals surface area contributed by atoms with E-state index in [4.69, 9.17) is 5.11 Å². The highest BCUT2D eigenvalue weighted by Crippen LogP contribution is 2.34. The number of phenols is 1. The van der Waals surface area contributed by atoms with Gasteiger partial charge in [0.15, 0.2) is 0 Å². The van der Waals surface area contributed by atoms with E-state index in [9.17, 15) is 14.7 Å². The minimum Gasteiger partial charge on any atom is -0.508 e. The maximum absolute atomic E-state index is 13.4. The van der Waals surface area contributed by atoms with Crippen molar-refractivity contribution in [2.45, 2.75) is 51.2 Å². The molecule has 2 aliphatic rings. The Bertz CT molecular complexity index is 1150. The SMILES string of the molecule is C=CCN1C[C@H](C)N([C@H](c2ccc(C(=O)N3CCCN(CCCC(=O)O)CC3)cc2)c2cccc(O)c2)C[C@H]1C. The van der Waals surface area contributed by atoms with Gasteiger partial charge in [0.05, 0.1) is 6.04 Å². The largest absolute Gasteiger partial charge is 0.508 e. The van der Waals surface area contributed by atoms with Crippen LogP contribution in [-0.2, 0) is 4.79 Å². The Kier molecular flexibility index (Phi) is 10.4. The highest BCUT2D eigenvalue weighted by molar-refractivity contribution is 5.94. The van der Waals surface area contributed by atoms with Gasteiger partial charge in [0.2, 0.25) is 0 Å². The van der Waals surface area contributed by atoms with Crippen molar-refractivity contribution >= 4 is 11.9 Å². The van der Waals surface area contributed by atoms with Crippen LogP contribution in [0.3, 0.4) is 0 Å². The number of carbonyl (C=O) groups is 2. The first-order valence-corrected chi connectivity index (χ1v) is 14.5. The van der Waals surface area contributed by atoms with E-state index in [1.165, 1.54) is 0 Å². The summed E-state index contributed by atoms with van der Waals surface area (Å²) in [6.07, 6.45) is 3.65. The number of hydrogen-bond donors (Lipinski definition) is 2. The van der Waals surface area contributed by atoms with Crippen LogP contribution in [-0.4, -0.2) is 106 Å². The first-order valence-electron chi connectivity index (χ1n) is 14.5. The summed E-state index contributed by atoms with van der Waals surface area (Å²) in [7, 11) is 0. The number of nitrogens with zero attached hydrogens (tertiary/aromatic N) is 4. The molecule has 3 atom stereocenters. The number of amides is 1. The summed E-state index contributed by atoms with van der Waals surface area (Å²) in [5.74, 6) is -0.480. The van der Waals surface area contributed by atoms with Gasteiger partial charge in [0.25, 0.3) is 5.91 Å². The monoisotopic (exact) mass is 548 g/mol. The van der Waals surface area contributed by atoms with Crippen molar-refractivity contribution in [2.75, 3.05) is 52.4 Å². The van der Waals surface area contributed by atoms with Crippen molar-refractivity contribution in [3.8, 4) is 5.75 Å². The molecule has 8 nitrogen and oxygen atoms in total. The topological polar surface area (TPSA) is 87.6 Å². The first-order chi connectivity index (χ1) is 19.3. The third-order valence-corrected chi connectivity index (χ3v) is 8.26. The van der Waals surface area contributed by atoms with Gasteiger partial charge >= 0.3 is 5.97 Å². The molecule has 0 unspecified atom stereocenters. The molecule has 2 N–H and O–H groups in total. The summed E-state index contributed by atoms with van der Waals surface area (Å²) >= 11 is 0. The number of hydrogen-bond acceptors (Lipinski definition) is 6. The summed E-state index contributed by atoms with van der Waals surface area (Å²) in [5, 5.41) is 19.2. The molecule has 0 bridgehead atoms. The zero-order chi connectivity index (χ0) is 28.6. The summed E-state index contributed by atoms with van der Waals surface area (Å²) in [6.45, 7) is 14.8. The van der Waals surface area contributed by atoms with Gasteiger partial charge in [-0.15, -0.1) is 6.58 Å². The molecule has 0 aliphatic carbocycles. The Labute approximate surface area is 238 Å². The molecule has 4 rings (SSSR count). The third kappa shape index (κ3) is 7.50. The molecule has 8 heteroatoms. The number of phenolic OH excluding ortho intramolecular Hbond substituents is 1. The predicted molar refractivity (Wildman–Crippen MR) is 158 cm³/mol. The van der Waals surface area contributed by atoms with Gasteiger partial charge in [-0.3, -0.25) is 19.4 Å². The van der Waals surface area contributed by atoms with E-state index in [1.54, 1.807) is 6.07 Å². The van der Waals surface area contributed by atoms with Gasteiger partial charge in [-0.1, -0.05) is 30.3 Å². The van der Waals surface area contributed by atoms with E-state index < -0.39 is 5.97 Å². The summed E-state index contributed by atoms with van der Waals surface area (Å²) in [4.78, 5) is 33.4. The molecule has 0 saturated carbocycles. The van der Waals surface area contributed by atoms with Crippen LogP contribution in [0.2, 0.25) is 0 Å². The number of carboxylic acid groups (broad SMARTS) is 1. The van der Waals surface area contributed by atoms with Crippen molar-refractivity contribution in [1.82, 2.24) is 19.6 Å². The van der Waals surface area contributed by atoms with Crippen molar-refractivity contribution in [2.24, 2.45) is 0 Å². The Morgan fingerprint density at radius 1 is 1.00 bits per heavy atom. The van der Waals surface area contributed by atoms with Crippen LogP contribution in [0.5, 0.6) is 5.75 Å². The molecule has 216 valence electrons. The first kappa shape index (κ1) is 29.8. The molecule has 2 saturated heterocycles. The van der Waals surface area contributed by atoms with Crippen LogP contribution in [0.4, 0.5) is 0 Å². The second kappa shape index (κ2) is 13.9. The van der Waals surface area contributed by atoms with Crippen molar-refractivity contribution in [3.63, 3.8) is 0 Å². The van der Waals surface area contributed by atoms with E-state index in [-0.39, 0.29) is 24.1 Å². The average Bonchev–Trinajstić information content (AvgIpc) is 3.17. The van der Waals surface area contributed by atoms with E-state index in [1.807, 2.05) is 35.2 Å². The van der Waals surface area contributed by atoms with Crippen LogP contribution in [0.1, 0.15) is 60.6 Å². The zero-order valence-electron chi connectivity index (χ0n) is 23.9. The number of carbonyl (C=O) groups excluding carboxylic acids is 1. The zero-order valence-corrected chi connectivity index (χ0v) is 23.9. The van der Waals surface area contributed by atoms with Gasteiger partial charge in [0, 0.05) is 63.3 Å². The molecular weight excluding hydrogens is 504 g/mol. The number of piperazine rings is 1. The van der Waals surface area contributed by atoms with Gasteiger partial charge in [-0.25, -0.2) is 0 Å². The number of carboxylic acids is 1. The minimum absolute atomic E-state index is 0.0351. The lowest BCUT2D eigenvalue weighted by Crippen LogP contribution is -2.57. The van der Waals surface area contributed by atoms with Gasteiger partial charge in [0.1, 0.15) is 5.75 Å². The number of benzene rings is 2. The number of rotatable bonds is 10. The maximum atomic E-state index is 13.4. The number of aliphatic carboxylic acids is 1. The molecule has 0 radical (unpaired) electrons. The third-order valence-electron chi connectivity index (χ3n) is 8.26. The molecule has 2 heterocycles. The normalized spacial score (nSPS) is 22.0. The highest BCUT2D eigenvalue weighted by atomic mass is 16.4. The number of aromatic hydroxyl groups is 1. The lowest BCUT2D eigenvalue weighted by atomic mass is 9.92. The molecular formula is C32H44N4O4. The van der Waals surface area contributed by atoms with Gasteiger partial charge in [-0.05, 0) is 75.2 Å².